The van der Waals surface area contributed by atoms with Gasteiger partial charge < -0.3 is 19.9 Å². The number of piperidine rings is 1. The Balaban J connectivity index is 1.66. The van der Waals surface area contributed by atoms with Crippen LogP contribution in [-0.2, 0) is 19.1 Å². The van der Waals surface area contributed by atoms with Crippen LogP contribution in [0.1, 0.15) is 45.4 Å². The molecule has 27 heavy (non-hydrogen) atoms. The average Bonchev–Trinajstić information content (AvgIpc) is 3.22. The van der Waals surface area contributed by atoms with Crippen LogP contribution >= 0.6 is 0 Å². The lowest BCUT2D eigenvalue weighted by Crippen LogP contribution is -2.49. The van der Waals surface area contributed by atoms with Gasteiger partial charge in [-0.1, -0.05) is 6.92 Å². The molecule has 3 rings (SSSR count). The first-order valence-corrected chi connectivity index (χ1v) is 10.2. The van der Waals surface area contributed by atoms with E-state index < -0.39 is 0 Å². The summed E-state index contributed by atoms with van der Waals surface area (Å²) in [6.45, 7) is 6.44. The first-order valence-electron chi connectivity index (χ1n) is 10.2. The van der Waals surface area contributed by atoms with Gasteiger partial charge in [0.05, 0.1) is 18.9 Å². The minimum Gasteiger partial charge on any atom is -0.469 e. The normalized spacial score (nSPS) is 29.6. The molecule has 2 amide bonds. The summed E-state index contributed by atoms with van der Waals surface area (Å²) in [5.74, 6) is 0.259. The van der Waals surface area contributed by atoms with Crippen molar-refractivity contribution in [2.45, 2.75) is 45.4 Å². The molecule has 2 saturated heterocycles. The lowest BCUT2D eigenvalue weighted by Gasteiger charge is -2.44. The van der Waals surface area contributed by atoms with E-state index in [4.69, 9.17) is 0 Å². The van der Waals surface area contributed by atoms with Crippen LogP contribution in [-0.4, -0.2) is 74.5 Å². The van der Waals surface area contributed by atoms with Crippen molar-refractivity contribution < 1.29 is 19.1 Å². The minimum absolute atomic E-state index is 0.0346. The second kappa shape index (κ2) is 7.78. The molecule has 0 aromatic heterocycles. The number of carbonyl (C=O) groups excluding carboxylic acids is 3. The number of amides is 2. The van der Waals surface area contributed by atoms with Gasteiger partial charge in [0.25, 0.3) is 0 Å². The lowest BCUT2D eigenvalue weighted by molar-refractivity contribution is -0.144. The summed E-state index contributed by atoms with van der Waals surface area (Å²) in [7, 11) is 3.09. The molecule has 1 N–H and O–H groups in total. The molecular weight excluding hydrogens is 346 g/mol. The molecule has 2 heterocycles. The van der Waals surface area contributed by atoms with E-state index in [0.29, 0.717) is 5.92 Å². The summed E-state index contributed by atoms with van der Waals surface area (Å²) < 4.78 is 4.62. The number of ether oxygens (including phenoxy) is 1. The molecule has 0 aromatic rings. The Morgan fingerprint density at radius 2 is 1.81 bits per heavy atom. The smallest absolute Gasteiger partial charge is 0.306 e. The fraction of sp³-hybridized carbons (Fsp3) is 0.850. The largest absolute Gasteiger partial charge is 0.469 e. The van der Waals surface area contributed by atoms with Crippen molar-refractivity contribution in [3.05, 3.63) is 0 Å². The molecule has 152 valence electrons. The van der Waals surface area contributed by atoms with Crippen LogP contribution in [0.15, 0.2) is 0 Å². The summed E-state index contributed by atoms with van der Waals surface area (Å²) in [6.07, 6.45) is 4.30. The highest BCUT2D eigenvalue weighted by molar-refractivity contribution is 5.84. The van der Waals surface area contributed by atoms with Crippen molar-refractivity contribution in [1.82, 2.24) is 15.1 Å². The summed E-state index contributed by atoms with van der Waals surface area (Å²) in [4.78, 5) is 40.8. The second-order valence-corrected chi connectivity index (χ2v) is 8.43. The fourth-order valence-corrected chi connectivity index (χ4v) is 5.79. The predicted octanol–water partition coefficient (Wildman–Crippen LogP) is 1.03. The summed E-state index contributed by atoms with van der Waals surface area (Å²) >= 11 is 0. The van der Waals surface area contributed by atoms with Crippen molar-refractivity contribution in [1.29, 1.82) is 0 Å². The maximum absolute atomic E-state index is 12.8. The molecule has 7 nitrogen and oxygen atoms in total. The zero-order chi connectivity index (χ0) is 19.7. The zero-order valence-corrected chi connectivity index (χ0v) is 16.9. The van der Waals surface area contributed by atoms with Crippen LogP contribution in [0.4, 0.5) is 0 Å². The third kappa shape index (κ3) is 3.46. The lowest BCUT2D eigenvalue weighted by atomic mass is 9.65. The summed E-state index contributed by atoms with van der Waals surface area (Å²) in [5.41, 5.74) is -0.0998. The van der Waals surface area contributed by atoms with Crippen LogP contribution in [0.2, 0.25) is 0 Å². The second-order valence-electron chi connectivity index (χ2n) is 8.43. The molecule has 3 aliphatic rings. The quantitative estimate of drug-likeness (QED) is 0.722. The number of fused-ring (bicyclic) bond motifs is 2. The highest BCUT2D eigenvalue weighted by Gasteiger charge is 2.63. The van der Waals surface area contributed by atoms with Crippen LogP contribution in [0, 0.1) is 16.7 Å². The average molecular weight is 380 g/mol. The van der Waals surface area contributed by atoms with Gasteiger partial charge in [-0.3, -0.25) is 14.4 Å². The number of methoxy groups -OCH3 is 1. The van der Waals surface area contributed by atoms with Crippen LogP contribution in [0.25, 0.3) is 0 Å². The highest BCUT2D eigenvalue weighted by Crippen LogP contribution is 2.62. The minimum atomic E-state index is -0.339. The number of hydrogen-bond donors (Lipinski definition) is 1. The Bertz CT molecular complexity index is 600. The van der Waals surface area contributed by atoms with Crippen molar-refractivity contribution in [2.24, 2.45) is 16.7 Å². The molecule has 0 radical (unpaired) electrons. The van der Waals surface area contributed by atoms with E-state index >= 15 is 0 Å². The van der Waals surface area contributed by atoms with Crippen molar-refractivity contribution in [3.63, 3.8) is 0 Å². The Labute approximate surface area is 161 Å². The Morgan fingerprint density at radius 1 is 1.11 bits per heavy atom. The first-order chi connectivity index (χ1) is 12.9. The standard InChI is InChI=1S/C20H33N3O4/c1-4-22-13-15-19(7-8-20(15,14-22)18(26)21-2)9-11-23(12-10-19)16(24)5-6-17(25)27-3/h15H,4-14H2,1-3H3,(H,21,26)/t15-,20+/m0/s1. The number of likely N-dealkylation sites (tertiary alicyclic amines) is 2. The molecule has 0 unspecified atom stereocenters. The third-order valence-electron chi connectivity index (χ3n) is 7.43. The highest BCUT2D eigenvalue weighted by atomic mass is 16.5. The molecule has 0 bridgehead atoms. The van der Waals surface area contributed by atoms with Gasteiger partial charge in [0, 0.05) is 39.6 Å². The van der Waals surface area contributed by atoms with Gasteiger partial charge in [-0.05, 0) is 43.6 Å². The van der Waals surface area contributed by atoms with E-state index in [1.165, 1.54) is 7.11 Å². The number of nitrogens with one attached hydrogen (secondary N) is 1. The maximum Gasteiger partial charge on any atom is 0.306 e. The van der Waals surface area contributed by atoms with Gasteiger partial charge >= 0.3 is 5.97 Å². The van der Waals surface area contributed by atoms with E-state index in [2.05, 4.69) is 21.9 Å². The van der Waals surface area contributed by atoms with E-state index in [-0.39, 0.29) is 41.5 Å². The van der Waals surface area contributed by atoms with Crippen molar-refractivity contribution in [2.75, 3.05) is 46.9 Å². The van der Waals surface area contributed by atoms with Gasteiger partial charge in [0.2, 0.25) is 11.8 Å². The Hall–Kier alpha value is -1.63. The Morgan fingerprint density at radius 3 is 2.41 bits per heavy atom. The van der Waals surface area contributed by atoms with E-state index in [9.17, 15) is 14.4 Å². The van der Waals surface area contributed by atoms with E-state index in [1.807, 2.05) is 4.90 Å². The summed E-state index contributed by atoms with van der Waals surface area (Å²) in [5, 5.41) is 2.92. The fourth-order valence-electron chi connectivity index (χ4n) is 5.79. The molecule has 2 atom stereocenters. The number of nitrogens with zero attached hydrogens (tertiary/aromatic N) is 2. The monoisotopic (exact) mass is 379 g/mol. The number of esters is 1. The summed E-state index contributed by atoms with van der Waals surface area (Å²) in [6, 6.07) is 0. The molecule has 1 spiro atoms. The predicted molar refractivity (Wildman–Crippen MR) is 101 cm³/mol. The molecular formula is C20H33N3O4. The molecule has 3 fully saturated rings. The Kier molecular flexibility index (Phi) is 5.79. The molecule has 0 aromatic carbocycles. The first kappa shape index (κ1) is 20.1. The molecule has 7 heteroatoms. The van der Waals surface area contributed by atoms with Gasteiger partial charge in [-0.25, -0.2) is 0 Å². The topological polar surface area (TPSA) is 79.0 Å². The van der Waals surface area contributed by atoms with Gasteiger partial charge in [-0.15, -0.1) is 0 Å². The molecule has 1 aliphatic carbocycles. The van der Waals surface area contributed by atoms with Gasteiger partial charge in [0.15, 0.2) is 0 Å². The number of carbonyl (C=O) groups is 3. The van der Waals surface area contributed by atoms with Crippen LogP contribution in [0.5, 0.6) is 0 Å². The van der Waals surface area contributed by atoms with Crippen molar-refractivity contribution in [3.8, 4) is 0 Å². The number of hydrogen-bond acceptors (Lipinski definition) is 5. The van der Waals surface area contributed by atoms with E-state index in [1.54, 1.807) is 7.05 Å². The van der Waals surface area contributed by atoms with E-state index in [0.717, 1.165) is 58.4 Å². The molecule has 2 aliphatic heterocycles. The van der Waals surface area contributed by atoms with Gasteiger partial charge in [-0.2, -0.15) is 0 Å². The molecule has 1 saturated carbocycles. The third-order valence-corrected chi connectivity index (χ3v) is 7.43. The maximum atomic E-state index is 12.8. The van der Waals surface area contributed by atoms with Crippen molar-refractivity contribution >= 4 is 17.8 Å². The zero-order valence-electron chi connectivity index (χ0n) is 16.9. The van der Waals surface area contributed by atoms with Crippen LogP contribution < -0.4 is 5.32 Å². The number of rotatable bonds is 5. The van der Waals surface area contributed by atoms with Gasteiger partial charge in [0.1, 0.15) is 0 Å². The SMILES string of the molecule is CCN1C[C@H]2C3(CCN(C(=O)CCC(=O)OC)CC3)CC[C@@]2(C(=O)NC)C1. The van der Waals surface area contributed by atoms with Crippen LogP contribution in [0.3, 0.4) is 0 Å².